The Labute approximate surface area is 78.3 Å². The molecule has 0 amide bonds. The molecule has 1 fully saturated rings. The first-order valence-electron chi connectivity index (χ1n) is 3.59. The fraction of sp³-hybridized carbons (Fsp3) is 0.714. The summed E-state index contributed by atoms with van der Waals surface area (Å²) in [6.07, 6.45) is 0.108. The van der Waals surface area contributed by atoms with Gasteiger partial charge in [-0.1, -0.05) is 15.9 Å². The molecule has 0 bridgehead atoms. The van der Waals surface area contributed by atoms with Gasteiger partial charge in [-0.15, -0.1) is 0 Å². The second-order valence-corrected chi connectivity index (χ2v) is 3.06. The minimum absolute atomic E-state index is 0.108. The summed E-state index contributed by atoms with van der Waals surface area (Å²) in [5.41, 5.74) is -1.05. The minimum Gasteiger partial charge on any atom is -0.463 e. The van der Waals surface area contributed by atoms with E-state index in [4.69, 9.17) is 9.47 Å². The van der Waals surface area contributed by atoms with Crippen molar-refractivity contribution in [3.05, 3.63) is 0 Å². The van der Waals surface area contributed by atoms with Crippen LogP contribution in [0.3, 0.4) is 0 Å². The molecular weight excluding hydrogens is 228 g/mol. The number of halogens is 1. The Morgan fingerprint density at radius 2 is 2.42 bits per heavy atom. The zero-order valence-electron chi connectivity index (χ0n) is 6.63. The molecule has 0 aromatic carbocycles. The monoisotopic (exact) mass is 236 g/mol. The highest BCUT2D eigenvalue weighted by molar-refractivity contribution is 9.09. The van der Waals surface area contributed by atoms with Gasteiger partial charge in [0.2, 0.25) is 5.60 Å². The topological polar surface area (TPSA) is 52.6 Å². The molecule has 0 N–H and O–H groups in total. The maximum absolute atomic E-state index is 11.2. The lowest BCUT2D eigenvalue weighted by Gasteiger charge is -2.36. The van der Waals surface area contributed by atoms with E-state index in [1.165, 1.54) is 0 Å². The van der Waals surface area contributed by atoms with Crippen molar-refractivity contribution in [3.63, 3.8) is 0 Å². The first-order valence-corrected chi connectivity index (χ1v) is 4.72. The Bertz CT molecular complexity index is 205. The molecule has 1 rings (SSSR count). The normalized spacial score (nSPS) is 27.3. The molecule has 1 aliphatic rings. The number of cyclic esters (lactones) is 1. The second-order valence-electron chi connectivity index (χ2n) is 2.50. The van der Waals surface area contributed by atoms with Crippen LogP contribution in [0.15, 0.2) is 0 Å². The predicted molar refractivity (Wildman–Crippen MR) is 43.9 cm³/mol. The largest absolute Gasteiger partial charge is 0.463 e. The van der Waals surface area contributed by atoms with E-state index in [9.17, 15) is 9.59 Å². The third kappa shape index (κ3) is 1.46. The number of rotatable bonds is 3. The van der Waals surface area contributed by atoms with Gasteiger partial charge in [-0.3, -0.25) is 4.79 Å². The van der Waals surface area contributed by atoms with Crippen molar-refractivity contribution in [1.82, 2.24) is 0 Å². The highest BCUT2D eigenvalue weighted by Crippen LogP contribution is 2.31. The summed E-state index contributed by atoms with van der Waals surface area (Å²) in [6, 6.07) is 0. The fourth-order valence-electron chi connectivity index (χ4n) is 0.948. The van der Waals surface area contributed by atoms with Crippen molar-refractivity contribution in [1.29, 1.82) is 0 Å². The molecule has 0 saturated carbocycles. The van der Waals surface area contributed by atoms with Crippen molar-refractivity contribution in [2.45, 2.75) is 18.9 Å². The first kappa shape index (κ1) is 9.51. The van der Waals surface area contributed by atoms with Crippen LogP contribution in [-0.2, 0) is 19.1 Å². The van der Waals surface area contributed by atoms with Crippen molar-refractivity contribution < 1.29 is 19.1 Å². The Balaban J connectivity index is 2.57. The van der Waals surface area contributed by atoms with Gasteiger partial charge in [-0.2, -0.15) is 0 Å². The third-order valence-corrected chi connectivity index (χ3v) is 2.51. The molecule has 1 aliphatic heterocycles. The van der Waals surface area contributed by atoms with Crippen LogP contribution in [-0.4, -0.2) is 29.5 Å². The number of carbonyl (C=O) groups excluding carboxylic acids is 2. The van der Waals surface area contributed by atoms with Crippen molar-refractivity contribution in [2.24, 2.45) is 0 Å². The van der Waals surface area contributed by atoms with Crippen molar-refractivity contribution in [3.8, 4) is 0 Å². The van der Waals surface area contributed by atoms with Crippen molar-refractivity contribution in [2.75, 3.05) is 11.9 Å². The fourth-order valence-corrected chi connectivity index (χ4v) is 1.49. The van der Waals surface area contributed by atoms with Crippen LogP contribution in [0.1, 0.15) is 13.3 Å². The molecule has 0 aliphatic carbocycles. The molecular formula is C7H9BrO4. The van der Waals surface area contributed by atoms with Gasteiger partial charge < -0.3 is 9.47 Å². The van der Waals surface area contributed by atoms with E-state index in [1.54, 1.807) is 6.92 Å². The lowest BCUT2D eigenvalue weighted by Crippen LogP contribution is -2.56. The van der Waals surface area contributed by atoms with E-state index < -0.39 is 11.6 Å². The molecule has 0 spiro atoms. The molecule has 1 heterocycles. The number of ether oxygens (including phenoxy) is 2. The van der Waals surface area contributed by atoms with Gasteiger partial charge in [-0.25, -0.2) is 4.79 Å². The molecule has 0 aromatic heterocycles. The maximum atomic E-state index is 11.2. The van der Waals surface area contributed by atoms with Gasteiger partial charge in [0.25, 0.3) is 0 Å². The lowest BCUT2D eigenvalue weighted by molar-refractivity contribution is -0.203. The molecule has 0 radical (unpaired) electrons. The molecule has 4 nitrogen and oxygen atoms in total. The first-order chi connectivity index (χ1) is 5.64. The molecule has 5 heteroatoms. The van der Waals surface area contributed by atoms with Gasteiger partial charge >= 0.3 is 11.9 Å². The zero-order valence-corrected chi connectivity index (χ0v) is 8.22. The van der Waals surface area contributed by atoms with E-state index >= 15 is 0 Å². The molecule has 12 heavy (non-hydrogen) atoms. The molecule has 1 saturated heterocycles. The SMILES string of the molecule is CCOC(=O)[C@]1(CBr)CC(=O)O1. The Kier molecular flexibility index (Phi) is 2.72. The smallest absolute Gasteiger partial charge is 0.352 e. The van der Waals surface area contributed by atoms with Crippen molar-refractivity contribution >= 4 is 27.9 Å². The minimum atomic E-state index is -1.05. The molecule has 68 valence electrons. The second kappa shape index (κ2) is 3.43. The quantitative estimate of drug-likeness (QED) is 0.533. The average Bonchev–Trinajstić information content (AvgIpc) is 1.98. The van der Waals surface area contributed by atoms with Gasteiger partial charge in [-0.05, 0) is 6.92 Å². The van der Waals surface area contributed by atoms with Crippen LogP contribution < -0.4 is 0 Å². The van der Waals surface area contributed by atoms with Gasteiger partial charge in [0.1, 0.15) is 0 Å². The Morgan fingerprint density at radius 1 is 1.83 bits per heavy atom. The summed E-state index contributed by atoms with van der Waals surface area (Å²) in [7, 11) is 0. The van der Waals surface area contributed by atoms with Crippen LogP contribution >= 0.6 is 15.9 Å². The highest BCUT2D eigenvalue weighted by atomic mass is 79.9. The molecule has 0 aromatic rings. The number of esters is 2. The summed E-state index contributed by atoms with van der Waals surface area (Å²) in [6.45, 7) is 2.01. The number of alkyl halides is 1. The van der Waals surface area contributed by atoms with Crippen LogP contribution in [0.5, 0.6) is 0 Å². The van der Waals surface area contributed by atoms with E-state index in [0.29, 0.717) is 11.9 Å². The number of carbonyl (C=O) groups is 2. The third-order valence-electron chi connectivity index (χ3n) is 1.60. The summed E-state index contributed by atoms with van der Waals surface area (Å²) < 4.78 is 9.47. The van der Waals surface area contributed by atoms with Crippen LogP contribution in [0.2, 0.25) is 0 Å². The summed E-state index contributed by atoms with van der Waals surface area (Å²) in [5.74, 6) is -0.830. The Hall–Kier alpha value is -0.580. The highest BCUT2D eigenvalue weighted by Gasteiger charge is 2.53. The maximum Gasteiger partial charge on any atom is 0.352 e. The van der Waals surface area contributed by atoms with E-state index in [2.05, 4.69) is 15.9 Å². The van der Waals surface area contributed by atoms with E-state index in [1.807, 2.05) is 0 Å². The zero-order chi connectivity index (χ0) is 9.19. The average molecular weight is 237 g/mol. The van der Waals surface area contributed by atoms with E-state index in [-0.39, 0.29) is 12.4 Å². The number of hydrogen-bond acceptors (Lipinski definition) is 4. The number of hydrogen-bond donors (Lipinski definition) is 0. The van der Waals surface area contributed by atoms with Crippen LogP contribution in [0.25, 0.3) is 0 Å². The van der Waals surface area contributed by atoms with Crippen LogP contribution in [0, 0.1) is 0 Å². The van der Waals surface area contributed by atoms with Gasteiger partial charge in [0, 0.05) is 0 Å². The summed E-state index contributed by atoms with van der Waals surface area (Å²) in [4.78, 5) is 21.7. The van der Waals surface area contributed by atoms with Gasteiger partial charge in [0.05, 0.1) is 18.4 Å². The molecule has 0 unspecified atom stereocenters. The summed E-state index contributed by atoms with van der Waals surface area (Å²) in [5, 5.41) is 0.296. The van der Waals surface area contributed by atoms with Gasteiger partial charge in [0.15, 0.2) is 0 Å². The van der Waals surface area contributed by atoms with Crippen LogP contribution in [0.4, 0.5) is 0 Å². The van der Waals surface area contributed by atoms with E-state index in [0.717, 1.165) is 0 Å². The predicted octanol–water partition coefficient (Wildman–Crippen LogP) is 0.630. The standard InChI is InChI=1S/C7H9BrO4/c1-2-11-6(10)7(4-8)3-5(9)12-7/h2-4H2,1H3/t7-/m1/s1. The molecule has 1 atom stereocenters. The summed E-state index contributed by atoms with van der Waals surface area (Å²) >= 11 is 3.10. The Morgan fingerprint density at radius 3 is 2.75 bits per heavy atom. The lowest BCUT2D eigenvalue weighted by atomic mass is 9.97.